The standard InChI is InChI=1S/C22H22F2N6O4S/c1-34-21-16(6-5-15(23)20(21)24)30-11-10-29(18-4-2-3-8-26-18)13-17(30)22(31)28-14-7-9-27-19(12-14)35(25,32)33/h2-9,12,17H,10-11,13H2,1H3,(H2,25,32,33)(H,27,28,31). The monoisotopic (exact) mass is 504 g/mol. The smallest absolute Gasteiger partial charge is 0.255 e. The quantitative estimate of drug-likeness (QED) is 0.519. The minimum absolute atomic E-state index is 0.151. The molecule has 3 aromatic rings. The first-order valence-corrected chi connectivity index (χ1v) is 12.0. The van der Waals surface area contributed by atoms with Crippen molar-refractivity contribution < 1.29 is 26.7 Å². The number of sulfonamides is 1. The van der Waals surface area contributed by atoms with E-state index in [4.69, 9.17) is 9.88 Å². The number of benzene rings is 1. The number of nitrogens with two attached hydrogens (primary N) is 1. The molecule has 0 spiro atoms. The number of halogens is 2. The molecule has 184 valence electrons. The van der Waals surface area contributed by atoms with E-state index < -0.39 is 38.6 Å². The van der Waals surface area contributed by atoms with E-state index in [0.29, 0.717) is 12.4 Å². The molecule has 0 saturated carbocycles. The number of hydrogen-bond acceptors (Lipinski definition) is 8. The van der Waals surface area contributed by atoms with Crippen LogP contribution in [0.15, 0.2) is 59.9 Å². The molecule has 3 N–H and O–H groups in total. The molecular formula is C22H22F2N6O4S. The molecule has 1 amide bonds. The van der Waals surface area contributed by atoms with Crippen LogP contribution in [-0.2, 0) is 14.8 Å². The highest BCUT2D eigenvalue weighted by molar-refractivity contribution is 7.89. The molecule has 0 radical (unpaired) electrons. The van der Waals surface area contributed by atoms with E-state index in [1.807, 2.05) is 11.0 Å². The minimum atomic E-state index is -4.09. The van der Waals surface area contributed by atoms with Crippen LogP contribution < -0.4 is 25.0 Å². The van der Waals surface area contributed by atoms with Crippen molar-refractivity contribution in [3.63, 3.8) is 0 Å². The number of carbonyl (C=O) groups is 1. The zero-order valence-electron chi connectivity index (χ0n) is 18.6. The molecule has 4 rings (SSSR count). The van der Waals surface area contributed by atoms with E-state index in [1.165, 1.54) is 25.4 Å². The van der Waals surface area contributed by atoms with E-state index in [0.717, 1.165) is 12.1 Å². The van der Waals surface area contributed by atoms with Crippen LogP contribution in [0.5, 0.6) is 5.75 Å². The Bertz CT molecular complexity index is 1340. The van der Waals surface area contributed by atoms with Gasteiger partial charge in [0.05, 0.1) is 12.8 Å². The number of amides is 1. The summed E-state index contributed by atoms with van der Waals surface area (Å²) in [6.45, 7) is 0.848. The van der Waals surface area contributed by atoms with Gasteiger partial charge in [0, 0.05) is 43.8 Å². The fourth-order valence-corrected chi connectivity index (χ4v) is 4.35. The lowest BCUT2D eigenvalue weighted by Crippen LogP contribution is -2.58. The summed E-state index contributed by atoms with van der Waals surface area (Å²) in [5.41, 5.74) is 0.355. The predicted molar refractivity (Wildman–Crippen MR) is 125 cm³/mol. The van der Waals surface area contributed by atoms with Crippen LogP contribution >= 0.6 is 0 Å². The molecule has 10 nitrogen and oxygen atoms in total. The zero-order valence-corrected chi connectivity index (χ0v) is 19.4. The summed E-state index contributed by atoms with van der Waals surface area (Å²) >= 11 is 0. The van der Waals surface area contributed by atoms with Gasteiger partial charge in [-0.2, -0.15) is 4.39 Å². The molecule has 1 aliphatic rings. The summed E-state index contributed by atoms with van der Waals surface area (Å²) < 4.78 is 56.7. The van der Waals surface area contributed by atoms with Crippen LogP contribution in [0.25, 0.3) is 0 Å². The lowest BCUT2D eigenvalue weighted by Gasteiger charge is -2.42. The number of nitrogens with zero attached hydrogens (tertiary/aromatic N) is 4. The molecule has 0 bridgehead atoms. The highest BCUT2D eigenvalue weighted by atomic mass is 32.2. The van der Waals surface area contributed by atoms with Crippen molar-refractivity contribution in [3.05, 3.63) is 66.5 Å². The topological polar surface area (TPSA) is 131 Å². The van der Waals surface area contributed by atoms with Crippen LogP contribution in [0.3, 0.4) is 0 Å². The molecule has 1 saturated heterocycles. The summed E-state index contributed by atoms with van der Waals surface area (Å²) in [6, 6.07) is 9.33. The number of carbonyl (C=O) groups excluding carboxylic acids is 1. The Hall–Kier alpha value is -3.84. The Labute approximate surface area is 200 Å². The largest absolute Gasteiger partial charge is 0.491 e. The first-order chi connectivity index (χ1) is 16.7. The van der Waals surface area contributed by atoms with Crippen LogP contribution in [0.2, 0.25) is 0 Å². The third kappa shape index (κ3) is 5.15. The molecular weight excluding hydrogens is 482 g/mol. The molecule has 13 heteroatoms. The second-order valence-corrected chi connectivity index (χ2v) is 9.18. The number of methoxy groups -OCH3 is 1. The zero-order chi connectivity index (χ0) is 25.2. The Morgan fingerprint density at radius 1 is 1.14 bits per heavy atom. The summed E-state index contributed by atoms with van der Waals surface area (Å²) in [6.07, 6.45) is 2.83. The Morgan fingerprint density at radius 3 is 2.63 bits per heavy atom. The Morgan fingerprint density at radius 2 is 1.94 bits per heavy atom. The van der Waals surface area contributed by atoms with Gasteiger partial charge in [0.2, 0.25) is 11.7 Å². The van der Waals surface area contributed by atoms with Crippen molar-refractivity contribution in [1.29, 1.82) is 0 Å². The van der Waals surface area contributed by atoms with Gasteiger partial charge in [-0.3, -0.25) is 4.79 Å². The number of nitrogens with one attached hydrogen (secondary N) is 1. The van der Waals surface area contributed by atoms with Crippen molar-refractivity contribution in [2.45, 2.75) is 11.1 Å². The lowest BCUT2D eigenvalue weighted by molar-refractivity contribution is -0.117. The van der Waals surface area contributed by atoms with Gasteiger partial charge in [-0.05, 0) is 30.3 Å². The van der Waals surface area contributed by atoms with E-state index in [1.54, 1.807) is 23.2 Å². The number of ether oxygens (including phenoxy) is 1. The van der Waals surface area contributed by atoms with Gasteiger partial charge in [0.1, 0.15) is 11.9 Å². The summed E-state index contributed by atoms with van der Waals surface area (Å²) in [7, 11) is -2.87. The second-order valence-electron chi connectivity index (χ2n) is 7.67. The van der Waals surface area contributed by atoms with Crippen LogP contribution in [0, 0.1) is 11.6 Å². The molecule has 1 fully saturated rings. The van der Waals surface area contributed by atoms with Gasteiger partial charge in [-0.15, -0.1) is 0 Å². The fraction of sp³-hybridized carbons (Fsp3) is 0.227. The van der Waals surface area contributed by atoms with Gasteiger partial charge in [-0.25, -0.2) is 27.9 Å². The average molecular weight is 505 g/mol. The van der Waals surface area contributed by atoms with Crippen molar-refractivity contribution in [2.24, 2.45) is 5.14 Å². The Balaban J connectivity index is 1.69. The molecule has 1 unspecified atom stereocenters. The van der Waals surface area contributed by atoms with Crippen LogP contribution in [0.1, 0.15) is 0 Å². The van der Waals surface area contributed by atoms with E-state index >= 15 is 0 Å². The summed E-state index contributed by atoms with van der Waals surface area (Å²) in [5, 5.41) is 7.39. The number of hydrogen-bond donors (Lipinski definition) is 2. The maximum atomic E-state index is 14.5. The molecule has 2 aromatic heterocycles. The fourth-order valence-electron chi connectivity index (χ4n) is 3.86. The number of rotatable bonds is 6. The normalized spacial score (nSPS) is 16.2. The number of primary sulfonamides is 1. The number of aromatic nitrogens is 2. The maximum absolute atomic E-state index is 14.5. The minimum Gasteiger partial charge on any atom is -0.491 e. The second kappa shape index (κ2) is 9.80. The van der Waals surface area contributed by atoms with Crippen molar-refractivity contribution >= 4 is 33.1 Å². The highest BCUT2D eigenvalue weighted by Crippen LogP contribution is 2.35. The van der Waals surface area contributed by atoms with Gasteiger partial charge in [0.15, 0.2) is 16.6 Å². The molecule has 3 heterocycles. The average Bonchev–Trinajstić information content (AvgIpc) is 2.85. The number of pyridine rings is 2. The van der Waals surface area contributed by atoms with Gasteiger partial charge in [-0.1, -0.05) is 6.07 Å². The Kier molecular flexibility index (Phi) is 6.80. The van der Waals surface area contributed by atoms with Crippen LogP contribution in [-0.4, -0.2) is 57.1 Å². The van der Waals surface area contributed by atoms with Crippen molar-refractivity contribution in [1.82, 2.24) is 9.97 Å². The van der Waals surface area contributed by atoms with E-state index in [-0.39, 0.29) is 30.2 Å². The van der Waals surface area contributed by atoms with E-state index in [9.17, 15) is 22.0 Å². The highest BCUT2D eigenvalue weighted by Gasteiger charge is 2.35. The SMILES string of the molecule is COc1c(N2CCN(c3ccccn3)CC2C(=O)Nc2ccnc(S(N)(=O)=O)c2)ccc(F)c1F. The summed E-state index contributed by atoms with van der Waals surface area (Å²) in [4.78, 5) is 25.0. The number of piperazine rings is 1. The van der Waals surface area contributed by atoms with Crippen molar-refractivity contribution in [2.75, 3.05) is 41.9 Å². The molecule has 1 aromatic carbocycles. The predicted octanol–water partition coefficient (Wildman–Crippen LogP) is 1.74. The maximum Gasteiger partial charge on any atom is 0.255 e. The first kappa shape index (κ1) is 24.3. The van der Waals surface area contributed by atoms with E-state index in [2.05, 4.69) is 15.3 Å². The molecule has 35 heavy (non-hydrogen) atoms. The molecule has 1 aliphatic heterocycles. The third-order valence-corrected chi connectivity index (χ3v) is 6.30. The van der Waals surface area contributed by atoms with Gasteiger partial charge < -0.3 is 19.9 Å². The van der Waals surface area contributed by atoms with Crippen molar-refractivity contribution in [3.8, 4) is 5.75 Å². The lowest BCUT2D eigenvalue weighted by atomic mass is 10.1. The number of anilines is 3. The third-order valence-electron chi connectivity index (χ3n) is 5.49. The summed E-state index contributed by atoms with van der Waals surface area (Å²) in [5.74, 6) is -2.45. The first-order valence-electron chi connectivity index (χ1n) is 10.4. The van der Waals surface area contributed by atoms with Gasteiger partial charge >= 0.3 is 0 Å². The molecule has 1 atom stereocenters. The molecule has 0 aliphatic carbocycles. The van der Waals surface area contributed by atoms with Crippen LogP contribution in [0.4, 0.5) is 26.0 Å². The van der Waals surface area contributed by atoms with Gasteiger partial charge in [0.25, 0.3) is 10.0 Å².